The van der Waals surface area contributed by atoms with Crippen molar-refractivity contribution in [2.45, 2.75) is 25.8 Å². The molecular weight excluding hydrogens is 180 g/mol. The molecule has 1 aliphatic heterocycles. The molecule has 2 N–H and O–H groups in total. The van der Waals surface area contributed by atoms with Crippen molar-refractivity contribution >= 4 is 5.69 Å². The van der Waals surface area contributed by atoms with Gasteiger partial charge in [0.1, 0.15) is 5.69 Å². The van der Waals surface area contributed by atoms with E-state index in [1.165, 1.54) is 6.33 Å². The van der Waals surface area contributed by atoms with Crippen LogP contribution in [-0.4, -0.2) is 17.0 Å². The lowest BCUT2D eigenvalue weighted by atomic mass is 10.1. The van der Waals surface area contributed by atoms with Crippen molar-refractivity contribution in [2.75, 3.05) is 12.1 Å². The third kappa shape index (κ3) is 1.29. The lowest BCUT2D eigenvalue weighted by Crippen LogP contribution is -2.32. The lowest BCUT2D eigenvalue weighted by Gasteiger charge is -2.12. The number of anilines is 1. The molecule has 14 heavy (non-hydrogen) atoms. The first kappa shape index (κ1) is 9.21. The topological polar surface area (TPSA) is 61.0 Å². The molecule has 2 heterocycles. The highest BCUT2D eigenvalue weighted by atomic mass is 16.1. The van der Waals surface area contributed by atoms with Crippen LogP contribution in [0.15, 0.2) is 11.1 Å². The normalized spacial score (nSPS) is 19.9. The van der Waals surface area contributed by atoms with Crippen molar-refractivity contribution in [3.05, 3.63) is 22.4 Å². The van der Waals surface area contributed by atoms with Crippen molar-refractivity contribution < 1.29 is 0 Å². The summed E-state index contributed by atoms with van der Waals surface area (Å²) >= 11 is 0. The predicted octanol–water partition coefficient (Wildman–Crippen LogP) is 0.566. The minimum atomic E-state index is -0.0800. The van der Waals surface area contributed by atoms with Crippen LogP contribution in [-0.2, 0) is 0 Å². The van der Waals surface area contributed by atoms with Crippen molar-refractivity contribution in [2.24, 2.45) is 0 Å². The van der Waals surface area contributed by atoms with Crippen molar-refractivity contribution in [1.82, 2.24) is 15.4 Å². The molecule has 76 valence electrons. The van der Waals surface area contributed by atoms with E-state index in [0.29, 0.717) is 5.69 Å². The maximum Gasteiger partial charge on any atom is 0.275 e. The van der Waals surface area contributed by atoms with Crippen LogP contribution in [0.2, 0.25) is 0 Å². The number of fused-ring (bicyclic) bond motifs is 1. The van der Waals surface area contributed by atoms with Gasteiger partial charge in [-0.1, -0.05) is 13.3 Å². The molecule has 2 rings (SSSR count). The summed E-state index contributed by atoms with van der Waals surface area (Å²) in [5.74, 6) is 0. The Morgan fingerprint density at radius 1 is 1.64 bits per heavy atom. The molecule has 0 saturated heterocycles. The van der Waals surface area contributed by atoms with E-state index >= 15 is 0 Å². The quantitative estimate of drug-likeness (QED) is 0.722. The summed E-state index contributed by atoms with van der Waals surface area (Å²) < 4.78 is 0. The van der Waals surface area contributed by atoms with Gasteiger partial charge in [-0.25, -0.2) is 10.4 Å². The van der Waals surface area contributed by atoms with Gasteiger partial charge in [-0.15, -0.1) is 0 Å². The number of H-pyrrole nitrogens is 1. The average Bonchev–Trinajstić information content (AvgIpc) is 2.46. The summed E-state index contributed by atoms with van der Waals surface area (Å²) in [6.07, 6.45) is 3.53. The minimum Gasteiger partial charge on any atom is -0.311 e. The molecule has 5 nitrogen and oxygen atoms in total. The molecule has 1 atom stereocenters. The molecule has 0 saturated carbocycles. The van der Waals surface area contributed by atoms with Gasteiger partial charge in [-0.2, -0.15) is 0 Å². The van der Waals surface area contributed by atoms with Gasteiger partial charge in [0.05, 0.1) is 18.1 Å². The zero-order valence-electron chi connectivity index (χ0n) is 8.37. The summed E-state index contributed by atoms with van der Waals surface area (Å²) in [5, 5.41) is 1.75. The second-order valence-electron chi connectivity index (χ2n) is 3.49. The Kier molecular flexibility index (Phi) is 2.25. The number of nitrogens with one attached hydrogen (secondary N) is 2. The third-order valence-electron chi connectivity index (χ3n) is 2.45. The summed E-state index contributed by atoms with van der Waals surface area (Å²) in [5.41, 5.74) is 4.64. The number of hydrogen-bond acceptors (Lipinski definition) is 4. The fraction of sp³-hybridized carbons (Fsp3) is 0.556. The van der Waals surface area contributed by atoms with Crippen molar-refractivity contribution in [1.29, 1.82) is 0 Å². The fourth-order valence-corrected chi connectivity index (χ4v) is 1.83. The third-order valence-corrected chi connectivity index (χ3v) is 2.45. The van der Waals surface area contributed by atoms with E-state index in [1.807, 2.05) is 7.05 Å². The van der Waals surface area contributed by atoms with Crippen LogP contribution in [0.1, 0.15) is 31.5 Å². The van der Waals surface area contributed by atoms with Crippen LogP contribution in [0, 0.1) is 0 Å². The summed E-state index contributed by atoms with van der Waals surface area (Å²) in [4.78, 5) is 18.3. The van der Waals surface area contributed by atoms with Gasteiger partial charge in [0.2, 0.25) is 0 Å². The van der Waals surface area contributed by atoms with E-state index < -0.39 is 0 Å². The number of aromatic amines is 1. The predicted molar refractivity (Wildman–Crippen MR) is 54.0 cm³/mol. The van der Waals surface area contributed by atoms with Gasteiger partial charge in [0, 0.05) is 7.05 Å². The van der Waals surface area contributed by atoms with E-state index in [-0.39, 0.29) is 11.6 Å². The molecule has 0 fully saturated rings. The molecular formula is C9H14N4O. The molecule has 0 aliphatic carbocycles. The zero-order valence-corrected chi connectivity index (χ0v) is 8.37. The van der Waals surface area contributed by atoms with E-state index in [0.717, 1.165) is 18.5 Å². The van der Waals surface area contributed by atoms with Gasteiger partial charge in [-0.05, 0) is 6.42 Å². The number of nitrogens with zero attached hydrogens (tertiary/aromatic N) is 2. The standard InChI is InChI=1S/C9H14N4O/c1-3-4-6-7-8(13(2)12-6)9(14)11-5-10-7/h5-6,12H,3-4H2,1-2H3,(H,10,11,14). The van der Waals surface area contributed by atoms with E-state index in [1.54, 1.807) is 5.01 Å². The van der Waals surface area contributed by atoms with Crippen molar-refractivity contribution in [3.8, 4) is 0 Å². The lowest BCUT2D eigenvalue weighted by molar-refractivity contribution is 0.518. The SMILES string of the molecule is CCCC1NN(C)c2c1nc[nH]c2=O. The fourth-order valence-electron chi connectivity index (χ4n) is 1.83. The Hall–Kier alpha value is -1.36. The summed E-state index contributed by atoms with van der Waals surface area (Å²) in [6, 6.07) is 0.183. The Labute approximate surface area is 82.1 Å². The monoisotopic (exact) mass is 194 g/mol. The van der Waals surface area contributed by atoms with Gasteiger partial charge in [0.25, 0.3) is 5.56 Å². The van der Waals surface area contributed by atoms with Crippen LogP contribution in [0.4, 0.5) is 5.69 Å². The van der Waals surface area contributed by atoms with Gasteiger partial charge >= 0.3 is 0 Å². The largest absolute Gasteiger partial charge is 0.311 e. The first-order chi connectivity index (χ1) is 6.74. The van der Waals surface area contributed by atoms with Crippen LogP contribution in [0.5, 0.6) is 0 Å². The molecule has 0 bridgehead atoms. The van der Waals surface area contributed by atoms with E-state index in [9.17, 15) is 4.79 Å². The minimum absolute atomic E-state index is 0.0800. The van der Waals surface area contributed by atoms with Crippen LogP contribution < -0.4 is 16.0 Å². The Morgan fingerprint density at radius 2 is 2.43 bits per heavy atom. The summed E-state index contributed by atoms with van der Waals surface area (Å²) in [7, 11) is 1.84. The molecule has 1 aromatic heterocycles. The van der Waals surface area contributed by atoms with Gasteiger partial charge < -0.3 is 9.99 Å². The molecule has 5 heteroatoms. The van der Waals surface area contributed by atoms with Gasteiger partial charge in [-0.3, -0.25) is 4.79 Å². The molecule has 0 radical (unpaired) electrons. The number of hydrogen-bond donors (Lipinski definition) is 2. The van der Waals surface area contributed by atoms with Crippen LogP contribution in [0.25, 0.3) is 0 Å². The highest BCUT2D eigenvalue weighted by molar-refractivity contribution is 5.52. The first-order valence-corrected chi connectivity index (χ1v) is 4.81. The first-order valence-electron chi connectivity index (χ1n) is 4.81. The highest BCUT2D eigenvalue weighted by Gasteiger charge is 2.28. The van der Waals surface area contributed by atoms with Crippen molar-refractivity contribution in [3.63, 3.8) is 0 Å². The molecule has 0 amide bonds. The number of rotatable bonds is 2. The molecule has 0 aromatic carbocycles. The number of hydrazine groups is 1. The maximum absolute atomic E-state index is 11.5. The second kappa shape index (κ2) is 3.42. The van der Waals surface area contributed by atoms with Crippen LogP contribution >= 0.6 is 0 Å². The molecule has 1 aromatic rings. The second-order valence-corrected chi connectivity index (χ2v) is 3.49. The Morgan fingerprint density at radius 3 is 3.14 bits per heavy atom. The zero-order chi connectivity index (χ0) is 10.1. The van der Waals surface area contributed by atoms with E-state index in [4.69, 9.17) is 0 Å². The molecule has 1 aliphatic rings. The highest BCUT2D eigenvalue weighted by Crippen LogP contribution is 2.28. The number of aromatic nitrogens is 2. The average molecular weight is 194 g/mol. The Bertz CT molecular complexity index is 387. The Balaban J connectivity index is 2.44. The smallest absolute Gasteiger partial charge is 0.275 e. The molecule has 1 unspecified atom stereocenters. The van der Waals surface area contributed by atoms with E-state index in [2.05, 4.69) is 22.3 Å². The summed E-state index contributed by atoms with van der Waals surface area (Å²) in [6.45, 7) is 2.12. The maximum atomic E-state index is 11.5. The van der Waals surface area contributed by atoms with Crippen LogP contribution in [0.3, 0.4) is 0 Å². The van der Waals surface area contributed by atoms with Gasteiger partial charge in [0.15, 0.2) is 0 Å². The molecule has 0 spiro atoms.